The molecule has 1 amide bonds. The van der Waals surface area contributed by atoms with Gasteiger partial charge in [-0.25, -0.2) is 4.39 Å². The third-order valence-electron chi connectivity index (χ3n) is 4.18. The second-order valence-corrected chi connectivity index (χ2v) is 6.92. The van der Waals surface area contributed by atoms with Gasteiger partial charge < -0.3 is 10.7 Å². The molecule has 1 aromatic heterocycles. The Morgan fingerprint density at radius 3 is 2.56 bits per heavy atom. The van der Waals surface area contributed by atoms with E-state index in [-0.39, 0.29) is 22.8 Å². The zero-order chi connectivity index (χ0) is 20.5. The fourth-order valence-electron chi connectivity index (χ4n) is 2.49. The normalized spacial score (nSPS) is 14.0. The predicted octanol–water partition coefficient (Wildman–Crippen LogP) is 4.64. The Morgan fingerprint density at radius 2 is 2.04 bits per heavy atom. The average molecular weight is 403 g/mol. The molecule has 0 saturated carbocycles. The smallest absolute Gasteiger partial charge is 0.320 e. The molecule has 0 aliphatic rings. The van der Waals surface area contributed by atoms with Crippen molar-refractivity contribution < 1.29 is 22.4 Å². The minimum Gasteiger partial charge on any atom is -0.320 e. The van der Waals surface area contributed by atoms with Gasteiger partial charge >= 0.3 is 11.0 Å². The molecule has 2 aromatic rings. The highest BCUT2D eigenvalue weighted by Gasteiger charge is 2.35. The van der Waals surface area contributed by atoms with Crippen LogP contribution < -0.4 is 10.2 Å². The highest BCUT2D eigenvalue weighted by Crippen LogP contribution is 2.30. The van der Waals surface area contributed by atoms with E-state index in [2.05, 4.69) is 5.32 Å². The van der Waals surface area contributed by atoms with Crippen LogP contribution in [0, 0.1) is 11.2 Å². The fourth-order valence-corrected chi connectivity index (χ4v) is 3.48. The lowest BCUT2D eigenvalue weighted by atomic mass is 10.1. The van der Waals surface area contributed by atoms with Crippen LogP contribution >= 0.6 is 11.3 Å². The lowest BCUT2D eigenvalue weighted by molar-refractivity contribution is -0.114. The molecule has 0 spiro atoms. The molecule has 2 N–H and O–H groups in total. The van der Waals surface area contributed by atoms with Crippen LogP contribution in [0.25, 0.3) is 10.2 Å². The van der Waals surface area contributed by atoms with E-state index in [9.17, 15) is 27.2 Å². The predicted molar refractivity (Wildman–Crippen MR) is 97.2 cm³/mol. The molecule has 2 rings (SSSR count). The number of carbonyl (C=O) groups is 1. The second-order valence-electron chi connectivity index (χ2n) is 5.93. The van der Waals surface area contributed by atoms with Crippen molar-refractivity contribution >= 4 is 39.4 Å². The number of nitrogens with zero attached hydrogens (tertiary/aromatic N) is 1. The van der Waals surface area contributed by atoms with Crippen molar-refractivity contribution in [3.8, 4) is 0 Å². The van der Waals surface area contributed by atoms with Crippen molar-refractivity contribution in [3.05, 3.63) is 38.8 Å². The lowest BCUT2D eigenvalue weighted by Crippen LogP contribution is -2.22. The molecular weight excluding hydrogens is 386 g/mol. The fraction of sp³-hybridized carbons (Fsp3) is 0.353. The zero-order valence-electron chi connectivity index (χ0n) is 14.7. The number of thiazole rings is 1. The maximum Gasteiger partial charge on any atom is 0.418 e. The average Bonchev–Trinajstić information content (AvgIpc) is 2.88. The Bertz CT molecular complexity index is 988. The number of hydrogen-bond acceptors (Lipinski definition) is 4. The number of allylic oxidation sites excluding steroid dienone is 1. The zero-order valence-corrected chi connectivity index (χ0v) is 15.5. The van der Waals surface area contributed by atoms with Crippen LogP contribution in [0.2, 0.25) is 0 Å². The molecular formula is C17H17F4N3O2S. The summed E-state index contributed by atoms with van der Waals surface area (Å²) in [6.07, 6.45) is -4.20. The number of fused-ring (bicyclic) bond motifs is 1. The highest BCUT2D eigenvalue weighted by molar-refractivity contribution is 7.16. The van der Waals surface area contributed by atoms with Gasteiger partial charge in [-0.3, -0.25) is 14.2 Å². The van der Waals surface area contributed by atoms with E-state index in [1.54, 1.807) is 0 Å². The first-order valence-electron chi connectivity index (χ1n) is 7.95. The van der Waals surface area contributed by atoms with Crippen molar-refractivity contribution in [2.24, 2.45) is 0 Å². The number of carbonyl (C=O) groups excluding carboxylic acids is 1. The Morgan fingerprint density at radius 1 is 1.41 bits per heavy atom. The van der Waals surface area contributed by atoms with Crippen LogP contribution in [0.4, 0.5) is 23.2 Å². The largest absolute Gasteiger partial charge is 0.418 e. The molecule has 1 heterocycles. The van der Waals surface area contributed by atoms with Gasteiger partial charge in [0.15, 0.2) is 0 Å². The van der Waals surface area contributed by atoms with Gasteiger partial charge in [0.25, 0.3) is 5.91 Å². The summed E-state index contributed by atoms with van der Waals surface area (Å²) in [6.45, 7) is 4.58. The maximum absolute atomic E-state index is 14.3. The van der Waals surface area contributed by atoms with E-state index in [0.29, 0.717) is 16.6 Å². The number of alkyl halides is 3. The number of amides is 1. The summed E-state index contributed by atoms with van der Waals surface area (Å²) in [5.74, 6) is -2.05. The Labute approximate surface area is 155 Å². The molecule has 1 unspecified atom stereocenters. The number of benzene rings is 1. The van der Waals surface area contributed by atoms with E-state index in [1.165, 1.54) is 10.6 Å². The Kier molecular flexibility index (Phi) is 5.88. The number of hydrogen-bond donors (Lipinski definition) is 2. The van der Waals surface area contributed by atoms with E-state index in [1.807, 2.05) is 13.8 Å². The van der Waals surface area contributed by atoms with E-state index in [4.69, 9.17) is 5.41 Å². The van der Waals surface area contributed by atoms with Gasteiger partial charge in [0, 0.05) is 17.8 Å². The van der Waals surface area contributed by atoms with Gasteiger partial charge in [-0.15, -0.1) is 0 Å². The summed E-state index contributed by atoms with van der Waals surface area (Å²) in [5, 5.41) is 8.97. The lowest BCUT2D eigenvalue weighted by Gasteiger charge is -2.14. The molecule has 5 nitrogen and oxygen atoms in total. The number of rotatable bonds is 5. The first-order chi connectivity index (χ1) is 12.5. The molecule has 10 heteroatoms. The molecule has 0 saturated heterocycles. The number of aromatic nitrogens is 1. The Balaban J connectivity index is 2.52. The number of halogens is 4. The van der Waals surface area contributed by atoms with Gasteiger partial charge in [-0.05, 0) is 32.4 Å². The molecule has 146 valence electrons. The van der Waals surface area contributed by atoms with Gasteiger partial charge in [-0.2, -0.15) is 13.2 Å². The highest BCUT2D eigenvalue weighted by atomic mass is 32.1. The summed E-state index contributed by atoms with van der Waals surface area (Å²) in [7, 11) is 0. The first kappa shape index (κ1) is 20.8. The Hall–Kier alpha value is -2.49. The molecule has 1 aromatic carbocycles. The minimum atomic E-state index is -4.88. The summed E-state index contributed by atoms with van der Waals surface area (Å²) in [5.41, 5.74) is -2.14. The van der Waals surface area contributed by atoms with Crippen LogP contribution in [-0.4, -0.2) is 22.9 Å². The van der Waals surface area contributed by atoms with E-state index >= 15 is 0 Å². The monoisotopic (exact) mass is 403 g/mol. The number of nitrogens with one attached hydrogen (secondary N) is 2. The van der Waals surface area contributed by atoms with Crippen LogP contribution in [-0.2, 0) is 4.79 Å². The standard InChI is InChI=1S/C17H17F4N3O2S/c1-4-8(2)24-13-6-12(11(18)5-14(13)27-16(24)26)23-15(25)9(3)10(7-22)17(19,20)21/h5-8,22H,4H2,1-3H3,(H,23,25)/b10-9+,22-7?. The minimum absolute atomic E-state index is 0.0356. The molecule has 0 bridgehead atoms. The van der Waals surface area contributed by atoms with E-state index in [0.717, 1.165) is 24.3 Å². The third-order valence-corrected chi connectivity index (χ3v) is 5.09. The quantitative estimate of drug-likeness (QED) is 0.434. The molecule has 0 aliphatic carbocycles. The SMILES string of the molecule is CCC(C)n1c(=O)sc2cc(F)c(NC(=O)/C(C)=C(\C=N)C(F)(F)F)cc21. The van der Waals surface area contributed by atoms with Gasteiger partial charge in [0.1, 0.15) is 5.82 Å². The summed E-state index contributed by atoms with van der Waals surface area (Å²) in [4.78, 5) is 24.0. The molecule has 0 aliphatic heterocycles. The molecule has 1 atom stereocenters. The van der Waals surface area contributed by atoms with Crippen LogP contribution in [0.3, 0.4) is 0 Å². The molecule has 0 fully saturated rings. The second kappa shape index (κ2) is 7.63. The first-order valence-corrected chi connectivity index (χ1v) is 8.77. The van der Waals surface area contributed by atoms with Gasteiger partial charge in [0.2, 0.25) is 0 Å². The van der Waals surface area contributed by atoms with E-state index < -0.39 is 29.0 Å². The summed E-state index contributed by atoms with van der Waals surface area (Å²) >= 11 is 0.849. The molecule has 27 heavy (non-hydrogen) atoms. The third kappa shape index (κ3) is 4.10. The maximum atomic E-state index is 14.3. The van der Waals surface area contributed by atoms with Crippen molar-refractivity contribution in [3.63, 3.8) is 0 Å². The topological polar surface area (TPSA) is 75.0 Å². The van der Waals surface area contributed by atoms with Crippen LogP contribution in [0.1, 0.15) is 33.2 Å². The van der Waals surface area contributed by atoms with Crippen molar-refractivity contribution in [2.75, 3.05) is 5.32 Å². The van der Waals surface area contributed by atoms with Crippen LogP contribution in [0.5, 0.6) is 0 Å². The van der Waals surface area contributed by atoms with Crippen molar-refractivity contribution in [1.29, 1.82) is 5.41 Å². The summed E-state index contributed by atoms with van der Waals surface area (Å²) < 4.78 is 54.6. The summed E-state index contributed by atoms with van der Waals surface area (Å²) in [6, 6.07) is 2.13. The van der Waals surface area contributed by atoms with Crippen molar-refractivity contribution in [1.82, 2.24) is 4.57 Å². The van der Waals surface area contributed by atoms with Crippen molar-refractivity contribution in [2.45, 2.75) is 39.4 Å². The van der Waals surface area contributed by atoms with Gasteiger partial charge in [-0.1, -0.05) is 18.3 Å². The van der Waals surface area contributed by atoms with Crippen LogP contribution in [0.15, 0.2) is 28.1 Å². The molecule has 0 radical (unpaired) electrons. The van der Waals surface area contributed by atoms with Gasteiger partial charge in [0.05, 0.1) is 21.5 Å². The number of anilines is 1.